The molecule has 1 aromatic carbocycles. The summed E-state index contributed by atoms with van der Waals surface area (Å²) in [6, 6.07) is 0. The Kier molecular flexibility index (Phi) is 6.23. The largest absolute Gasteiger partial charge is 0.507 e. The summed E-state index contributed by atoms with van der Waals surface area (Å²) in [6.07, 6.45) is 2.06. The molecule has 1 aromatic rings. The molecule has 138 valence electrons. The number of rotatable bonds is 4. The predicted octanol–water partition coefficient (Wildman–Crippen LogP) is 6.69. The van der Waals surface area contributed by atoms with Crippen molar-refractivity contribution in [1.82, 2.24) is 0 Å². The Morgan fingerprint density at radius 1 is 0.708 bits per heavy atom. The highest BCUT2D eigenvalue weighted by atomic mass is 16.3. The van der Waals surface area contributed by atoms with E-state index >= 15 is 0 Å². The first-order valence-corrected chi connectivity index (χ1v) is 9.56. The SMILES string of the molecule is Cc1c(O)c(C(C)(C)C)c(CC(C)C)c(C(C)(C)C)c1CC(C)C. The molecule has 24 heavy (non-hydrogen) atoms. The van der Waals surface area contributed by atoms with E-state index < -0.39 is 0 Å². The van der Waals surface area contributed by atoms with Crippen molar-refractivity contribution in [2.45, 2.75) is 99.8 Å². The predicted molar refractivity (Wildman–Crippen MR) is 107 cm³/mol. The summed E-state index contributed by atoms with van der Waals surface area (Å²) in [5.41, 5.74) is 6.51. The van der Waals surface area contributed by atoms with Gasteiger partial charge in [-0.2, -0.15) is 0 Å². The topological polar surface area (TPSA) is 20.2 Å². The molecular weight excluding hydrogens is 292 g/mol. The van der Waals surface area contributed by atoms with Gasteiger partial charge in [0.05, 0.1) is 0 Å². The van der Waals surface area contributed by atoms with Crippen LogP contribution in [0.1, 0.15) is 97.1 Å². The normalized spacial score (nSPS) is 13.2. The van der Waals surface area contributed by atoms with Crippen molar-refractivity contribution < 1.29 is 5.11 Å². The zero-order valence-electron chi connectivity index (χ0n) is 18.0. The van der Waals surface area contributed by atoms with Crippen molar-refractivity contribution in [2.24, 2.45) is 11.8 Å². The Morgan fingerprint density at radius 2 is 1.08 bits per heavy atom. The van der Waals surface area contributed by atoms with E-state index in [0.717, 1.165) is 24.0 Å². The zero-order chi connectivity index (χ0) is 19.0. The van der Waals surface area contributed by atoms with Gasteiger partial charge in [-0.1, -0.05) is 69.2 Å². The first-order valence-electron chi connectivity index (χ1n) is 9.56. The molecule has 0 saturated heterocycles. The Bertz CT molecular complexity index is 578. The molecule has 1 nitrogen and oxygen atoms in total. The van der Waals surface area contributed by atoms with Gasteiger partial charge in [-0.3, -0.25) is 0 Å². The first-order chi connectivity index (χ1) is 10.7. The highest BCUT2D eigenvalue weighted by molar-refractivity contribution is 5.59. The average molecular weight is 333 g/mol. The van der Waals surface area contributed by atoms with Crippen molar-refractivity contribution in [1.29, 1.82) is 0 Å². The Labute approximate surface area is 150 Å². The fraction of sp³-hybridized carbons (Fsp3) is 0.739. The van der Waals surface area contributed by atoms with E-state index in [1.54, 1.807) is 0 Å². The van der Waals surface area contributed by atoms with E-state index in [9.17, 15) is 5.11 Å². The van der Waals surface area contributed by atoms with Crippen LogP contribution >= 0.6 is 0 Å². The van der Waals surface area contributed by atoms with Crippen molar-refractivity contribution in [2.75, 3.05) is 0 Å². The Hall–Kier alpha value is -0.980. The van der Waals surface area contributed by atoms with Gasteiger partial charge in [0.1, 0.15) is 5.75 Å². The van der Waals surface area contributed by atoms with Crippen LogP contribution in [0, 0.1) is 18.8 Å². The molecule has 0 radical (unpaired) electrons. The minimum Gasteiger partial charge on any atom is -0.507 e. The minimum absolute atomic E-state index is 0.0601. The van der Waals surface area contributed by atoms with Crippen LogP contribution in [0.15, 0.2) is 0 Å². The standard InChI is InChI=1S/C23H40O/c1-14(2)12-17-16(5)21(24)20(23(9,10)11)18(13-15(3)4)19(17)22(6,7)8/h14-15,24H,12-13H2,1-11H3. The highest BCUT2D eigenvalue weighted by Gasteiger charge is 2.33. The first kappa shape index (κ1) is 21.1. The number of phenols is 1. The fourth-order valence-electron chi connectivity index (χ4n) is 3.96. The molecule has 1 rings (SSSR count). The lowest BCUT2D eigenvalue weighted by Gasteiger charge is -2.35. The van der Waals surface area contributed by atoms with Crippen molar-refractivity contribution in [3.05, 3.63) is 27.8 Å². The van der Waals surface area contributed by atoms with E-state index in [1.807, 2.05) is 0 Å². The molecule has 0 aliphatic rings. The molecule has 0 aliphatic heterocycles. The van der Waals surface area contributed by atoms with Gasteiger partial charge in [0.2, 0.25) is 0 Å². The summed E-state index contributed by atoms with van der Waals surface area (Å²) in [5, 5.41) is 11.1. The summed E-state index contributed by atoms with van der Waals surface area (Å²) >= 11 is 0. The Morgan fingerprint density at radius 3 is 1.42 bits per heavy atom. The number of hydrogen-bond donors (Lipinski definition) is 1. The summed E-state index contributed by atoms with van der Waals surface area (Å²) in [4.78, 5) is 0. The number of phenolic OH excluding ortho intramolecular Hbond substituents is 1. The summed E-state index contributed by atoms with van der Waals surface area (Å²) < 4.78 is 0. The van der Waals surface area contributed by atoms with E-state index in [4.69, 9.17) is 0 Å². The summed E-state index contributed by atoms with van der Waals surface area (Å²) in [5.74, 6) is 1.68. The van der Waals surface area contributed by atoms with Gasteiger partial charge in [-0.25, -0.2) is 0 Å². The van der Waals surface area contributed by atoms with Gasteiger partial charge in [0, 0.05) is 5.56 Å². The van der Waals surface area contributed by atoms with Gasteiger partial charge < -0.3 is 5.11 Å². The summed E-state index contributed by atoms with van der Waals surface area (Å²) in [7, 11) is 0. The molecule has 1 heteroatoms. The third-order valence-corrected chi connectivity index (χ3v) is 4.67. The lowest BCUT2D eigenvalue weighted by molar-refractivity contribution is 0.431. The van der Waals surface area contributed by atoms with Crippen LogP contribution in [0.2, 0.25) is 0 Å². The number of aromatic hydroxyl groups is 1. The average Bonchev–Trinajstić information content (AvgIpc) is 2.30. The van der Waals surface area contributed by atoms with Gasteiger partial charge in [0.25, 0.3) is 0 Å². The maximum Gasteiger partial charge on any atom is 0.122 e. The maximum absolute atomic E-state index is 11.1. The molecule has 1 N–H and O–H groups in total. The quantitative estimate of drug-likeness (QED) is 0.651. The molecular formula is C23H40O. The van der Waals surface area contributed by atoms with E-state index in [2.05, 4.69) is 76.2 Å². The van der Waals surface area contributed by atoms with Crippen molar-refractivity contribution in [3.8, 4) is 5.75 Å². The molecule has 0 amide bonds. The van der Waals surface area contributed by atoms with E-state index in [1.165, 1.54) is 16.7 Å². The van der Waals surface area contributed by atoms with Gasteiger partial charge >= 0.3 is 0 Å². The Balaban J connectivity index is 3.99. The third kappa shape index (κ3) is 4.55. The van der Waals surface area contributed by atoms with Crippen LogP contribution in [-0.4, -0.2) is 5.11 Å². The monoisotopic (exact) mass is 332 g/mol. The van der Waals surface area contributed by atoms with E-state index in [0.29, 0.717) is 17.6 Å². The second-order valence-electron chi connectivity index (χ2n) is 10.4. The molecule has 0 atom stereocenters. The minimum atomic E-state index is -0.0601. The molecule has 0 fully saturated rings. The second-order valence-corrected chi connectivity index (χ2v) is 10.4. The molecule has 0 bridgehead atoms. The second kappa shape index (κ2) is 7.10. The lowest BCUT2D eigenvalue weighted by Crippen LogP contribution is -2.25. The van der Waals surface area contributed by atoms with Crippen molar-refractivity contribution in [3.63, 3.8) is 0 Å². The highest BCUT2D eigenvalue weighted by Crippen LogP contribution is 2.45. The molecule has 0 spiro atoms. The number of hydrogen-bond acceptors (Lipinski definition) is 1. The van der Waals surface area contributed by atoms with Crippen LogP contribution in [0.25, 0.3) is 0 Å². The van der Waals surface area contributed by atoms with Crippen LogP contribution in [0.3, 0.4) is 0 Å². The van der Waals surface area contributed by atoms with Gasteiger partial charge in [-0.05, 0) is 64.7 Å². The zero-order valence-corrected chi connectivity index (χ0v) is 18.0. The molecule has 0 saturated carbocycles. The van der Waals surface area contributed by atoms with E-state index in [-0.39, 0.29) is 10.8 Å². The summed E-state index contributed by atoms with van der Waals surface area (Å²) in [6.45, 7) is 24.8. The smallest absolute Gasteiger partial charge is 0.122 e. The fourth-order valence-corrected chi connectivity index (χ4v) is 3.96. The van der Waals surface area contributed by atoms with Crippen LogP contribution in [0.5, 0.6) is 5.75 Å². The lowest BCUT2D eigenvalue weighted by atomic mass is 9.69. The molecule has 0 heterocycles. The van der Waals surface area contributed by atoms with Crippen LogP contribution in [-0.2, 0) is 23.7 Å². The van der Waals surface area contributed by atoms with Gasteiger partial charge in [0.15, 0.2) is 0 Å². The molecule has 0 aliphatic carbocycles. The molecule has 0 aromatic heterocycles. The van der Waals surface area contributed by atoms with Crippen LogP contribution < -0.4 is 0 Å². The van der Waals surface area contributed by atoms with Crippen LogP contribution in [0.4, 0.5) is 0 Å². The van der Waals surface area contributed by atoms with Crippen molar-refractivity contribution >= 4 is 0 Å². The number of benzene rings is 1. The molecule has 0 unspecified atom stereocenters. The third-order valence-electron chi connectivity index (χ3n) is 4.67. The van der Waals surface area contributed by atoms with Gasteiger partial charge in [-0.15, -0.1) is 0 Å². The maximum atomic E-state index is 11.1.